The van der Waals surface area contributed by atoms with E-state index < -0.39 is 11.2 Å². The van der Waals surface area contributed by atoms with Gasteiger partial charge in [0.1, 0.15) is 11.5 Å². The van der Waals surface area contributed by atoms with Crippen molar-refractivity contribution < 1.29 is 5.11 Å². The lowest BCUT2D eigenvalue weighted by molar-refractivity contribution is 0.126. The molecule has 1 saturated carbocycles. The fraction of sp³-hybridized carbons (Fsp3) is 0.692. The molecule has 1 aliphatic rings. The van der Waals surface area contributed by atoms with Crippen molar-refractivity contribution in [3.63, 3.8) is 0 Å². The van der Waals surface area contributed by atoms with Crippen LogP contribution in [0.1, 0.15) is 39.0 Å². The zero-order valence-corrected chi connectivity index (χ0v) is 11.7. The SMILES string of the molecule is CCCn1c(N)c(NC2CCC(O)CC2)c(=O)[nH]c1=O. The van der Waals surface area contributed by atoms with Crippen LogP contribution in [0, 0.1) is 0 Å². The molecular weight excluding hydrogens is 260 g/mol. The number of rotatable bonds is 4. The largest absolute Gasteiger partial charge is 0.393 e. The van der Waals surface area contributed by atoms with Gasteiger partial charge in [-0.25, -0.2) is 4.79 Å². The Kier molecular flexibility index (Phi) is 4.49. The van der Waals surface area contributed by atoms with Crippen LogP contribution < -0.4 is 22.3 Å². The summed E-state index contributed by atoms with van der Waals surface area (Å²) in [5, 5.41) is 12.6. The highest BCUT2D eigenvalue weighted by atomic mass is 16.3. The Morgan fingerprint density at radius 2 is 2.00 bits per heavy atom. The molecule has 0 radical (unpaired) electrons. The number of aliphatic hydroxyl groups excluding tert-OH is 1. The number of anilines is 2. The molecule has 0 saturated heterocycles. The van der Waals surface area contributed by atoms with Crippen LogP contribution >= 0.6 is 0 Å². The van der Waals surface area contributed by atoms with Crippen LogP contribution in [0.25, 0.3) is 0 Å². The molecule has 2 rings (SSSR count). The Balaban J connectivity index is 2.25. The van der Waals surface area contributed by atoms with Crippen LogP contribution in [-0.4, -0.2) is 26.8 Å². The van der Waals surface area contributed by atoms with Gasteiger partial charge >= 0.3 is 5.69 Å². The molecule has 1 fully saturated rings. The van der Waals surface area contributed by atoms with Gasteiger partial charge in [-0.3, -0.25) is 14.3 Å². The molecule has 7 heteroatoms. The van der Waals surface area contributed by atoms with Gasteiger partial charge in [0.25, 0.3) is 5.56 Å². The van der Waals surface area contributed by atoms with E-state index in [2.05, 4.69) is 10.3 Å². The highest BCUT2D eigenvalue weighted by Crippen LogP contribution is 2.22. The van der Waals surface area contributed by atoms with E-state index in [9.17, 15) is 14.7 Å². The molecule has 0 bridgehead atoms. The third-order valence-corrected chi connectivity index (χ3v) is 3.73. The average Bonchev–Trinajstić information content (AvgIpc) is 2.41. The molecule has 0 amide bonds. The van der Waals surface area contributed by atoms with Crippen molar-refractivity contribution >= 4 is 11.5 Å². The van der Waals surface area contributed by atoms with E-state index in [-0.39, 0.29) is 23.7 Å². The number of nitrogens with one attached hydrogen (secondary N) is 2. The number of nitrogens with zero attached hydrogens (tertiary/aromatic N) is 1. The third kappa shape index (κ3) is 3.04. The van der Waals surface area contributed by atoms with Gasteiger partial charge in [-0.2, -0.15) is 0 Å². The minimum Gasteiger partial charge on any atom is -0.393 e. The fourth-order valence-electron chi connectivity index (χ4n) is 2.60. The summed E-state index contributed by atoms with van der Waals surface area (Å²) >= 11 is 0. The molecule has 112 valence electrons. The number of nitrogens with two attached hydrogens (primary N) is 1. The third-order valence-electron chi connectivity index (χ3n) is 3.73. The molecule has 0 spiro atoms. The van der Waals surface area contributed by atoms with Crippen molar-refractivity contribution in [2.45, 2.75) is 57.7 Å². The van der Waals surface area contributed by atoms with Crippen molar-refractivity contribution in [3.05, 3.63) is 20.8 Å². The number of hydrogen-bond acceptors (Lipinski definition) is 5. The molecule has 0 aromatic carbocycles. The van der Waals surface area contributed by atoms with Crippen molar-refractivity contribution in [2.75, 3.05) is 11.1 Å². The highest BCUT2D eigenvalue weighted by Gasteiger charge is 2.21. The van der Waals surface area contributed by atoms with Gasteiger partial charge in [0.05, 0.1) is 6.10 Å². The molecule has 0 aliphatic heterocycles. The van der Waals surface area contributed by atoms with Crippen LogP contribution in [0.4, 0.5) is 11.5 Å². The highest BCUT2D eigenvalue weighted by molar-refractivity contribution is 5.60. The van der Waals surface area contributed by atoms with Gasteiger partial charge in [-0.1, -0.05) is 6.92 Å². The lowest BCUT2D eigenvalue weighted by atomic mass is 9.93. The molecule has 7 nitrogen and oxygen atoms in total. The molecule has 1 aromatic heterocycles. The second-order valence-corrected chi connectivity index (χ2v) is 5.32. The minimum atomic E-state index is -0.481. The summed E-state index contributed by atoms with van der Waals surface area (Å²) in [7, 11) is 0. The van der Waals surface area contributed by atoms with Crippen LogP contribution in [0.15, 0.2) is 9.59 Å². The van der Waals surface area contributed by atoms with Gasteiger partial charge in [-0.15, -0.1) is 0 Å². The molecule has 0 unspecified atom stereocenters. The number of hydrogen-bond donors (Lipinski definition) is 4. The molecule has 0 atom stereocenters. The van der Waals surface area contributed by atoms with E-state index in [1.165, 1.54) is 4.57 Å². The van der Waals surface area contributed by atoms with Gasteiger partial charge in [0, 0.05) is 12.6 Å². The summed E-state index contributed by atoms with van der Waals surface area (Å²) in [6, 6.07) is 0.106. The maximum absolute atomic E-state index is 11.9. The van der Waals surface area contributed by atoms with Crippen molar-refractivity contribution in [1.82, 2.24) is 9.55 Å². The number of aliphatic hydroxyl groups is 1. The smallest absolute Gasteiger partial charge is 0.330 e. The van der Waals surface area contributed by atoms with Gasteiger partial charge < -0.3 is 16.2 Å². The predicted molar refractivity (Wildman–Crippen MR) is 77.9 cm³/mol. The Bertz CT molecular complexity index is 570. The average molecular weight is 282 g/mol. The first kappa shape index (κ1) is 14.6. The molecule has 1 aliphatic carbocycles. The van der Waals surface area contributed by atoms with Crippen molar-refractivity contribution in [2.24, 2.45) is 0 Å². The van der Waals surface area contributed by atoms with Gasteiger partial charge in [0.2, 0.25) is 0 Å². The van der Waals surface area contributed by atoms with E-state index in [0.717, 1.165) is 19.3 Å². The zero-order valence-electron chi connectivity index (χ0n) is 11.7. The second-order valence-electron chi connectivity index (χ2n) is 5.32. The molecule has 20 heavy (non-hydrogen) atoms. The van der Waals surface area contributed by atoms with Gasteiger partial charge in [-0.05, 0) is 32.1 Å². The van der Waals surface area contributed by atoms with Gasteiger partial charge in [0.15, 0.2) is 0 Å². The first-order chi connectivity index (χ1) is 9.52. The maximum Gasteiger partial charge on any atom is 0.330 e. The van der Waals surface area contributed by atoms with Crippen molar-refractivity contribution in [1.29, 1.82) is 0 Å². The van der Waals surface area contributed by atoms with E-state index in [4.69, 9.17) is 5.73 Å². The summed E-state index contributed by atoms with van der Waals surface area (Å²) in [5.74, 6) is 0.187. The molecule has 1 aromatic rings. The summed E-state index contributed by atoms with van der Waals surface area (Å²) in [6.45, 7) is 2.41. The molecule has 5 N–H and O–H groups in total. The summed E-state index contributed by atoms with van der Waals surface area (Å²) < 4.78 is 1.38. The normalized spacial score (nSPS) is 22.7. The summed E-state index contributed by atoms with van der Waals surface area (Å²) in [6.07, 6.45) is 3.50. The topological polar surface area (TPSA) is 113 Å². The Hall–Kier alpha value is -1.76. The van der Waals surface area contributed by atoms with E-state index in [1.807, 2.05) is 6.92 Å². The Labute approximate surface area is 116 Å². The van der Waals surface area contributed by atoms with Crippen molar-refractivity contribution in [3.8, 4) is 0 Å². The maximum atomic E-state index is 11.9. The zero-order chi connectivity index (χ0) is 14.7. The monoisotopic (exact) mass is 282 g/mol. The lowest BCUT2D eigenvalue weighted by Gasteiger charge is -2.27. The standard InChI is InChI=1S/C13H22N4O3/c1-2-7-17-11(14)10(12(19)16-13(17)20)15-8-3-5-9(18)6-4-8/h8-9,15,18H,2-7,14H2,1H3,(H,16,19,20). The summed E-state index contributed by atoms with van der Waals surface area (Å²) in [5.41, 5.74) is 5.26. The number of nitrogen functional groups attached to an aromatic ring is 1. The van der Waals surface area contributed by atoms with Crippen LogP contribution in [-0.2, 0) is 6.54 Å². The molecular formula is C13H22N4O3. The van der Waals surface area contributed by atoms with Crippen LogP contribution in [0.5, 0.6) is 0 Å². The van der Waals surface area contributed by atoms with E-state index >= 15 is 0 Å². The minimum absolute atomic E-state index is 0.106. The predicted octanol–water partition coefficient (Wildman–Crippen LogP) is 0.244. The van der Waals surface area contributed by atoms with Crippen LogP contribution in [0.2, 0.25) is 0 Å². The Morgan fingerprint density at radius 3 is 2.60 bits per heavy atom. The fourth-order valence-corrected chi connectivity index (χ4v) is 2.60. The number of aromatic amines is 1. The lowest BCUT2D eigenvalue weighted by Crippen LogP contribution is -2.37. The Morgan fingerprint density at radius 1 is 1.35 bits per heavy atom. The first-order valence-electron chi connectivity index (χ1n) is 7.10. The second kappa shape index (κ2) is 6.13. The molecule has 1 heterocycles. The number of H-pyrrole nitrogens is 1. The van der Waals surface area contributed by atoms with E-state index in [0.29, 0.717) is 19.4 Å². The first-order valence-corrected chi connectivity index (χ1v) is 7.10. The quantitative estimate of drug-likeness (QED) is 0.632. The van der Waals surface area contributed by atoms with Crippen LogP contribution in [0.3, 0.4) is 0 Å². The summed E-state index contributed by atoms with van der Waals surface area (Å²) in [4.78, 5) is 25.9. The van der Waals surface area contributed by atoms with E-state index in [1.54, 1.807) is 0 Å². The number of aromatic nitrogens is 2.